The molecule has 1 aliphatic rings. The fourth-order valence-electron chi connectivity index (χ4n) is 2.56. The highest BCUT2D eigenvalue weighted by Gasteiger charge is 2.36. The molecule has 1 heterocycles. The molecule has 0 bridgehead atoms. The van der Waals surface area contributed by atoms with Gasteiger partial charge in [0.15, 0.2) is 6.10 Å². The predicted octanol–water partition coefficient (Wildman–Crippen LogP) is 2.91. The molecule has 0 fully saturated rings. The zero-order chi connectivity index (χ0) is 14.5. The fourth-order valence-corrected chi connectivity index (χ4v) is 2.56. The number of isocyanates is 1. The van der Waals surface area contributed by atoms with Crippen LogP contribution in [-0.2, 0) is 9.63 Å². The summed E-state index contributed by atoms with van der Waals surface area (Å²) in [6, 6.07) is 19.9. The first-order valence-corrected chi connectivity index (χ1v) is 6.78. The molecule has 0 aromatic heterocycles. The van der Waals surface area contributed by atoms with Crippen molar-refractivity contribution in [1.29, 1.82) is 0 Å². The van der Waals surface area contributed by atoms with Crippen LogP contribution in [-0.4, -0.2) is 24.4 Å². The van der Waals surface area contributed by atoms with Gasteiger partial charge < -0.3 is 4.84 Å². The third-order valence-electron chi connectivity index (χ3n) is 3.52. The number of hydrogen-bond acceptors (Lipinski definition) is 4. The number of oxime groups is 1. The smallest absolute Gasteiger partial charge is 0.235 e. The van der Waals surface area contributed by atoms with E-state index in [0.29, 0.717) is 0 Å². The van der Waals surface area contributed by atoms with E-state index < -0.39 is 0 Å². The minimum atomic E-state index is -0.274. The molecule has 21 heavy (non-hydrogen) atoms. The highest BCUT2D eigenvalue weighted by Crippen LogP contribution is 2.32. The molecule has 2 aromatic carbocycles. The van der Waals surface area contributed by atoms with E-state index >= 15 is 0 Å². The normalized spacial score (nSPS) is 20.3. The maximum Gasteiger partial charge on any atom is 0.235 e. The third kappa shape index (κ3) is 2.76. The Morgan fingerprint density at radius 3 is 2.38 bits per heavy atom. The molecule has 0 amide bonds. The van der Waals surface area contributed by atoms with E-state index in [0.717, 1.165) is 16.8 Å². The first kappa shape index (κ1) is 13.3. The summed E-state index contributed by atoms with van der Waals surface area (Å²) in [4.78, 5) is 19.5. The van der Waals surface area contributed by atoms with E-state index in [2.05, 4.69) is 10.1 Å². The zero-order valence-electron chi connectivity index (χ0n) is 11.3. The number of benzene rings is 2. The molecule has 0 aliphatic carbocycles. The lowest BCUT2D eigenvalue weighted by molar-refractivity contribution is 0.0831. The van der Waals surface area contributed by atoms with Crippen LogP contribution in [0.3, 0.4) is 0 Å². The second-order valence-electron chi connectivity index (χ2n) is 4.81. The molecule has 2 unspecified atom stereocenters. The van der Waals surface area contributed by atoms with Crippen molar-refractivity contribution >= 4 is 11.8 Å². The van der Waals surface area contributed by atoms with Gasteiger partial charge in [0, 0.05) is 5.56 Å². The van der Waals surface area contributed by atoms with E-state index in [1.807, 2.05) is 60.7 Å². The van der Waals surface area contributed by atoms with Crippen molar-refractivity contribution in [2.45, 2.75) is 12.0 Å². The Labute approximate surface area is 122 Å². The quantitative estimate of drug-likeness (QED) is 0.638. The molecule has 0 saturated carbocycles. The van der Waals surface area contributed by atoms with Gasteiger partial charge in [-0.25, -0.2) is 9.79 Å². The number of carbonyl (C=O) groups excluding carboxylic acids is 1. The molecular weight excluding hydrogens is 264 g/mol. The number of hydrogen-bond donors (Lipinski definition) is 0. The Balaban J connectivity index is 1.98. The summed E-state index contributed by atoms with van der Waals surface area (Å²) in [7, 11) is 0. The van der Waals surface area contributed by atoms with Gasteiger partial charge >= 0.3 is 0 Å². The molecule has 2 aromatic rings. The number of nitrogens with zero attached hydrogens (tertiary/aromatic N) is 2. The van der Waals surface area contributed by atoms with Crippen LogP contribution in [0.2, 0.25) is 0 Å². The van der Waals surface area contributed by atoms with Crippen molar-refractivity contribution in [2.75, 3.05) is 6.54 Å². The Kier molecular flexibility index (Phi) is 3.90. The Hall–Kier alpha value is -2.71. The van der Waals surface area contributed by atoms with Gasteiger partial charge in [-0.2, -0.15) is 0 Å². The molecular formula is C17H14N2O2. The van der Waals surface area contributed by atoms with Crippen LogP contribution in [0.5, 0.6) is 0 Å². The largest absolute Gasteiger partial charge is 0.389 e. The Morgan fingerprint density at radius 2 is 1.71 bits per heavy atom. The van der Waals surface area contributed by atoms with Crippen LogP contribution in [0.15, 0.2) is 70.8 Å². The van der Waals surface area contributed by atoms with Crippen molar-refractivity contribution in [3.05, 3.63) is 71.8 Å². The SMILES string of the molecule is O=C=NCC1ON=C(c2ccccc2)C1c1ccccc1. The van der Waals surface area contributed by atoms with Crippen LogP contribution in [0.25, 0.3) is 0 Å². The number of aliphatic imine (C=N–C) groups is 1. The van der Waals surface area contributed by atoms with Gasteiger partial charge in [0.2, 0.25) is 6.08 Å². The summed E-state index contributed by atoms with van der Waals surface area (Å²) >= 11 is 0. The summed E-state index contributed by atoms with van der Waals surface area (Å²) in [6.45, 7) is 0.253. The monoisotopic (exact) mass is 278 g/mol. The summed E-state index contributed by atoms with van der Waals surface area (Å²) in [5.41, 5.74) is 2.99. The minimum Gasteiger partial charge on any atom is -0.389 e. The highest BCUT2D eigenvalue weighted by atomic mass is 16.6. The van der Waals surface area contributed by atoms with E-state index in [-0.39, 0.29) is 18.6 Å². The second-order valence-corrected chi connectivity index (χ2v) is 4.81. The first-order valence-electron chi connectivity index (χ1n) is 6.78. The first-order chi connectivity index (χ1) is 10.4. The lowest BCUT2D eigenvalue weighted by Crippen LogP contribution is -2.24. The van der Waals surface area contributed by atoms with Gasteiger partial charge in [0.25, 0.3) is 0 Å². The van der Waals surface area contributed by atoms with Crippen LogP contribution in [0.1, 0.15) is 17.0 Å². The molecule has 1 aliphatic heterocycles. The molecule has 2 atom stereocenters. The van der Waals surface area contributed by atoms with Crippen LogP contribution >= 0.6 is 0 Å². The summed E-state index contributed by atoms with van der Waals surface area (Å²) in [5.74, 6) is -0.0364. The van der Waals surface area contributed by atoms with Gasteiger partial charge in [-0.15, -0.1) is 0 Å². The van der Waals surface area contributed by atoms with Gasteiger partial charge in [0.1, 0.15) is 0 Å². The average Bonchev–Trinajstić information content (AvgIpc) is 2.98. The van der Waals surface area contributed by atoms with Gasteiger partial charge in [-0.05, 0) is 5.56 Å². The van der Waals surface area contributed by atoms with Crippen molar-refractivity contribution < 1.29 is 9.63 Å². The summed E-state index contributed by atoms with van der Waals surface area (Å²) < 4.78 is 0. The maximum absolute atomic E-state index is 10.4. The van der Waals surface area contributed by atoms with E-state index in [9.17, 15) is 4.79 Å². The molecule has 0 N–H and O–H groups in total. The highest BCUT2D eigenvalue weighted by molar-refractivity contribution is 6.06. The molecule has 3 rings (SSSR count). The average molecular weight is 278 g/mol. The topological polar surface area (TPSA) is 51.0 Å². The Morgan fingerprint density at radius 1 is 1.05 bits per heavy atom. The van der Waals surface area contributed by atoms with Crippen molar-refractivity contribution in [3.63, 3.8) is 0 Å². The number of rotatable bonds is 4. The molecule has 0 radical (unpaired) electrons. The molecule has 0 spiro atoms. The molecule has 104 valence electrons. The fraction of sp³-hybridized carbons (Fsp3) is 0.176. The van der Waals surface area contributed by atoms with E-state index in [4.69, 9.17) is 4.84 Å². The second kappa shape index (κ2) is 6.16. The third-order valence-corrected chi connectivity index (χ3v) is 3.52. The standard InChI is InChI=1S/C17H14N2O2/c20-12-18-11-15-16(13-7-3-1-4-8-13)17(19-21-15)14-9-5-2-6-10-14/h1-10,15-16H,11H2. The van der Waals surface area contributed by atoms with Crippen LogP contribution < -0.4 is 0 Å². The maximum atomic E-state index is 10.4. The van der Waals surface area contributed by atoms with Crippen molar-refractivity contribution in [2.24, 2.45) is 10.1 Å². The predicted molar refractivity (Wildman–Crippen MR) is 80.0 cm³/mol. The minimum absolute atomic E-state index is 0.0364. The molecule has 4 heteroatoms. The summed E-state index contributed by atoms with van der Waals surface area (Å²) in [6.07, 6.45) is 1.29. The van der Waals surface area contributed by atoms with Gasteiger partial charge in [-0.3, -0.25) is 0 Å². The molecule has 4 nitrogen and oxygen atoms in total. The lowest BCUT2D eigenvalue weighted by Gasteiger charge is -2.17. The Bertz CT molecular complexity index is 676. The summed E-state index contributed by atoms with van der Waals surface area (Å²) in [5, 5.41) is 4.22. The lowest BCUT2D eigenvalue weighted by atomic mass is 9.86. The zero-order valence-corrected chi connectivity index (χ0v) is 11.3. The molecule has 0 saturated heterocycles. The van der Waals surface area contributed by atoms with E-state index in [1.165, 1.54) is 0 Å². The van der Waals surface area contributed by atoms with Crippen molar-refractivity contribution in [3.8, 4) is 0 Å². The van der Waals surface area contributed by atoms with Gasteiger partial charge in [0.05, 0.1) is 18.2 Å². The van der Waals surface area contributed by atoms with E-state index in [1.54, 1.807) is 6.08 Å². The van der Waals surface area contributed by atoms with Crippen LogP contribution in [0, 0.1) is 0 Å². The van der Waals surface area contributed by atoms with Crippen molar-refractivity contribution in [1.82, 2.24) is 0 Å². The van der Waals surface area contributed by atoms with Crippen LogP contribution in [0.4, 0.5) is 0 Å². The van der Waals surface area contributed by atoms with Gasteiger partial charge in [-0.1, -0.05) is 65.8 Å².